The van der Waals surface area contributed by atoms with Crippen LogP contribution in [0, 0.1) is 0 Å². The normalized spacial score (nSPS) is 15.2. The highest BCUT2D eigenvalue weighted by Crippen LogP contribution is 2.31. The standard InChI is InChI=1S/C15H18Cl2N2O3/c16-11-3-1-4-12(15(11)17)22-10-2-5-14(21)19-8-6-13(20)18-7-9-19/h1,3-4H,2,5-10H2,(H,18,20). The topological polar surface area (TPSA) is 58.6 Å². The Morgan fingerprint density at radius 1 is 1.32 bits per heavy atom. The van der Waals surface area contributed by atoms with Crippen LogP contribution in [-0.4, -0.2) is 43.0 Å². The molecule has 120 valence electrons. The van der Waals surface area contributed by atoms with E-state index >= 15 is 0 Å². The Labute approximate surface area is 139 Å². The molecule has 0 saturated carbocycles. The summed E-state index contributed by atoms with van der Waals surface area (Å²) in [4.78, 5) is 25.0. The van der Waals surface area contributed by atoms with Crippen LogP contribution in [0.4, 0.5) is 0 Å². The van der Waals surface area contributed by atoms with Crippen molar-refractivity contribution in [1.29, 1.82) is 0 Å². The molecule has 1 N–H and O–H groups in total. The predicted octanol–water partition coefficient (Wildman–Crippen LogP) is 2.50. The van der Waals surface area contributed by atoms with Crippen molar-refractivity contribution in [3.05, 3.63) is 28.2 Å². The van der Waals surface area contributed by atoms with Crippen molar-refractivity contribution in [3.63, 3.8) is 0 Å². The minimum absolute atomic E-state index is 0.00534. The lowest BCUT2D eigenvalue weighted by Crippen LogP contribution is -2.34. The summed E-state index contributed by atoms with van der Waals surface area (Å²) in [6.07, 6.45) is 1.33. The number of amides is 2. The summed E-state index contributed by atoms with van der Waals surface area (Å²) >= 11 is 11.9. The highest BCUT2D eigenvalue weighted by Gasteiger charge is 2.17. The van der Waals surface area contributed by atoms with E-state index in [4.69, 9.17) is 27.9 Å². The van der Waals surface area contributed by atoms with E-state index in [2.05, 4.69) is 5.32 Å². The molecule has 0 atom stereocenters. The molecule has 2 rings (SSSR count). The van der Waals surface area contributed by atoms with Gasteiger partial charge < -0.3 is 15.0 Å². The molecule has 0 aliphatic carbocycles. The first-order valence-corrected chi connectivity index (χ1v) is 7.95. The van der Waals surface area contributed by atoms with E-state index in [1.807, 2.05) is 0 Å². The number of hydrogen-bond acceptors (Lipinski definition) is 3. The SMILES string of the molecule is O=C1CCN(C(=O)CCCOc2cccc(Cl)c2Cl)CCN1. The fraction of sp³-hybridized carbons (Fsp3) is 0.467. The monoisotopic (exact) mass is 344 g/mol. The first-order valence-electron chi connectivity index (χ1n) is 7.19. The highest BCUT2D eigenvalue weighted by atomic mass is 35.5. The van der Waals surface area contributed by atoms with Crippen molar-refractivity contribution in [2.24, 2.45) is 0 Å². The maximum Gasteiger partial charge on any atom is 0.222 e. The van der Waals surface area contributed by atoms with E-state index in [-0.39, 0.29) is 11.8 Å². The van der Waals surface area contributed by atoms with Gasteiger partial charge in [0, 0.05) is 32.5 Å². The number of rotatable bonds is 5. The Balaban J connectivity index is 1.73. The molecular weight excluding hydrogens is 327 g/mol. The van der Waals surface area contributed by atoms with Crippen LogP contribution < -0.4 is 10.1 Å². The second-order valence-corrected chi connectivity index (χ2v) is 5.77. The number of nitrogens with one attached hydrogen (secondary N) is 1. The third-order valence-electron chi connectivity index (χ3n) is 3.37. The lowest BCUT2D eigenvalue weighted by atomic mass is 10.2. The van der Waals surface area contributed by atoms with Gasteiger partial charge in [-0.2, -0.15) is 0 Å². The second-order valence-electron chi connectivity index (χ2n) is 4.98. The van der Waals surface area contributed by atoms with Crippen LogP contribution in [0.3, 0.4) is 0 Å². The summed E-state index contributed by atoms with van der Waals surface area (Å²) < 4.78 is 5.54. The van der Waals surface area contributed by atoms with Gasteiger partial charge >= 0.3 is 0 Å². The Bertz CT molecular complexity index is 552. The van der Waals surface area contributed by atoms with Gasteiger partial charge in [0.2, 0.25) is 11.8 Å². The van der Waals surface area contributed by atoms with E-state index in [0.29, 0.717) is 61.3 Å². The number of nitrogens with zero attached hydrogens (tertiary/aromatic N) is 1. The molecule has 1 saturated heterocycles. The first kappa shape index (κ1) is 16.9. The van der Waals surface area contributed by atoms with Crippen molar-refractivity contribution in [3.8, 4) is 5.75 Å². The molecule has 1 aromatic rings. The lowest BCUT2D eigenvalue weighted by molar-refractivity contribution is -0.131. The van der Waals surface area contributed by atoms with Crippen LogP contribution >= 0.6 is 23.2 Å². The van der Waals surface area contributed by atoms with Crippen LogP contribution in [0.2, 0.25) is 10.0 Å². The van der Waals surface area contributed by atoms with E-state index in [1.165, 1.54) is 0 Å². The van der Waals surface area contributed by atoms with Crippen molar-refractivity contribution in [1.82, 2.24) is 10.2 Å². The molecule has 1 aliphatic rings. The molecule has 22 heavy (non-hydrogen) atoms. The molecule has 0 spiro atoms. The molecule has 5 nitrogen and oxygen atoms in total. The zero-order chi connectivity index (χ0) is 15.9. The molecule has 1 fully saturated rings. The molecular formula is C15H18Cl2N2O3. The highest BCUT2D eigenvalue weighted by molar-refractivity contribution is 6.42. The average molecular weight is 345 g/mol. The molecule has 7 heteroatoms. The first-order chi connectivity index (χ1) is 10.6. The van der Waals surface area contributed by atoms with Gasteiger partial charge in [0.15, 0.2) is 0 Å². The van der Waals surface area contributed by atoms with Gasteiger partial charge in [-0.25, -0.2) is 0 Å². The van der Waals surface area contributed by atoms with Crippen molar-refractivity contribution >= 4 is 35.0 Å². The van der Waals surface area contributed by atoms with E-state index in [9.17, 15) is 9.59 Å². The largest absolute Gasteiger partial charge is 0.492 e. The van der Waals surface area contributed by atoms with Crippen LogP contribution in [0.15, 0.2) is 18.2 Å². The second kappa shape index (κ2) is 8.25. The molecule has 0 radical (unpaired) electrons. The van der Waals surface area contributed by atoms with Crippen molar-refractivity contribution in [2.45, 2.75) is 19.3 Å². The van der Waals surface area contributed by atoms with Gasteiger partial charge in [0.1, 0.15) is 10.8 Å². The summed E-state index contributed by atoms with van der Waals surface area (Å²) in [6.45, 7) is 1.94. The summed E-state index contributed by atoms with van der Waals surface area (Å²) in [7, 11) is 0. The van der Waals surface area contributed by atoms with Gasteiger partial charge in [0.05, 0.1) is 11.6 Å². The smallest absolute Gasteiger partial charge is 0.222 e. The quantitative estimate of drug-likeness (QED) is 0.835. The van der Waals surface area contributed by atoms with Crippen molar-refractivity contribution < 1.29 is 14.3 Å². The average Bonchev–Trinajstić information content (AvgIpc) is 2.72. The Kier molecular flexibility index (Phi) is 6.34. The summed E-state index contributed by atoms with van der Waals surface area (Å²) in [5, 5.41) is 3.57. The molecule has 0 unspecified atom stereocenters. The minimum atomic E-state index is -0.00534. The molecule has 0 bridgehead atoms. The molecule has 1 heterocycles. The van der Waals surface area contributed by atoms with Crippen LogP contribution in [0.5, 0.6) is 5.75 Å². The Hall–Kier alpha value is -1.46. The zero-order valence-electron chi connectivity index (χ0n) is 12.1. The number of hydrogen-bond donors (Lipinski definition) is 1. The maximum absolute atomic E-state index is 12.1. The lowest BCUT2D eigenvalue weighted by Gasteiger charge is -2.19. The summed E-state index contributed by atoms with van der Waals surface area (Å²) in [5.74, 6) is 0.553. The van der Waals surface area contributed by atoms with E-state index < -0.39 is 0 Å². The maximum atomic E-state index is 12.1. The van der Waals surface area contributed by atoms with Gasteiger partial charge in [-0.15, -0.1) is 0 Å². The number of halogens is 2. The number of carbonyl (C=O) groups excluding carboxylic acids is 2. The zero-order valence-corrected chi connectivity index (χ0v) is 13.6. The Morgan fingerprint density at radius 2 is 2.14 bits per heavy atom. The third kappa shape index (κ3) is 4.78. The summed E-state index contributed by atoms with van der Waals surface area (Å²) in [6, 6.07) is 5.19. The molecule has 1 aromatic carbocycles. The Morgan fingerprint density at radius 3 is 2.95 bits per heavy atom. The van der Waals surface area contributed by atoms with E-state index in [0.717, 1.165) is 0 Å². The van der Waals surface area contributed by atoms with Crippen LogP contribution in [0.25, 0.3) is 0 Å². The molecule has 0 aromatic heterocycles. The number of benzene rings is 1. The van der Waals surface area contributed by atoms with Crippen molar-refractivity contribution in [2.75, 3.05) is 26.2 Å². The summed E-state index contributed by atoms with van der Waals surface area (Å²) in [5.41, 5.74) is 0. The van der Waals surface area contributed by atoms with Gasteiger partial charge in [0.25, 0.3) is 0 Å². The van der Waals surface area contributed by atoms with E-state index in [1.54, 1.807) is 23.1 Å². The van der Waals surface area contributed by atoms with Crippen LogP contribution in [-0.2, 0) is 9.59 Å². The molecule has 1 aliphatic heterocycles. The van der Waals surface area contributed by atoms with Crippen LogP contribution in [0.1, 0.15) is 19.3 Å². The third-order valence-corrected chi connectivity index (χ3v) is 4.18. The number of carbonyl (C=O) groups is 2. The van der Waals surface area contributed by atoms with Gasteiger partial charge in [-0.05, 0) is 18.6 Å². The predicted molar refractivity (Wildman–Crippen MR) is 85.4 cm³/mol. The van der Waals surface area contributed by atoms with Gasteiger partial charge in [-0.3, -0.25) is 9.59 Å². The fourth-order valence-corrected chi connectivity index (χ4v) is 2.52. The number of ether oxygens (including phenoxy) is 1. The van der Waals surface area contributed by atoms with Gasteiger partial charge in [-0.1, -0.05) is 29.3 Å². The minimum Gasteiger partial charge on any atom is -0.492 e. The fourth-order valence-electron chi connectivity index (χ4n) is 2.18. The molecule has 2 amide bonds.